The van der Waals surface area contributed by atoms with E-state index in [9.17, 15) is 9.59 Å². The third kappa shape index (κ3) is 6.32. The van der Waals surface area contributed by atoms with Crippen molar-refractivity contribution in [3.05, 3.63) is 95.0 Å². The molecule has 0 aliphatic carbocycles. The third-order valence-electron chi connectivity index (χ3n) is 7.06. The van der Waals surface area contributed by atoms with Crippen molar-refractivity contribution in [1.29, 1.82) is 0 Å². The zero-order chi connectivity index (χ0) is 25.6. The highest BCUT2D eigenvalue weighted by Gasteiger charge is 2.37. The predicted molar refractivity (Wildman–Crippen MR) is 146 cm³/mol. The quantitative estimate of drug-likeness (QED) is 0.493. The summed E-state index contributed by atoms with van der Waals surface area (Å²) < 4.78 is 6.05. The van der Waals surface area contributed by atoms with E-state index in [1.54, 1.807) is 4.90 Å². The minimum Gasteiger partial charge on any atom is -0.477 e. The summed E-state index contributed by atoms with van der Waals surface area (Å²) in [6, 6.07) is 25.4. The van der Waals surface area contributed by atoms with Crippen LogP contribution in [-0.4, -0.2) is 49.0 Å². The number of rotatable bonds is 7. The minimum absolute atomic E-state index is 0.0543. The molecule has 2 atom stereocenters. The summed E-state index contributed by atoms with van der Waals surface area (Å²) in [6.07, 6.45) is 1.79. The van der Waals surface area contributed by atoms with Gasteiger partial charge in [-0.25, -0.2) is 0 Å². The van der Waals surface area contributed by atoms with Crippen molar-refractivity contribution in [2.75, 3.05) is 31.1 Å². The minimum atomic E-state index is -0.747. The number of halogens is 1. The molecule has 0 saturated carbocycles. The van der Waals surface area contributed by atoms with Crippen LogP contribution in [0.25, 0.3) is 0 Å². The second kappa shape index (κ2) is 11.8. The lowest BCUT2D eigenvalue weighted by Crippen LogP contribution is -2.53. The van der Waals surface area contributed by atoms with Crippen LogP contribution in [0.1, 0.15) is 24.0 Å². The zero-order valence-electron chi connectivity index (χ0n) is 20.8. The fourth-order valence-corrected chi connectivity index (χ4v) is 5.26. The van der Waals surface area contributed by atoms with Crippen LogP contribution in [0, 0.1) is 5.92 Å². The molecule has 192 valence electrons. The van der Waals surface area contributed by atoms with Gasteiger partial charge in [-0.3, -0.25) is 14.5 Å². The Kier molecular flexibility index (Phi) is 8.07. The highest BCUT2D eigenvalue weighted by atomic mass is 35.5. The Morgan fingerprint density at radius 1 is 0.919 bits per heavy atom. The third-order valence-corrected chi connectivity index (χ3v) is 7.31. The van der Waals surface area contributed by atoms with Crippen molar-refractivity contribution in [1.82, 2.24) is 10.2 Å². The van der Waals surface area contributed by atoms with E-state index in [0.717, 1.165) is 48.6 Å². The van der Waals surface area contributed by atoms with Crippen LogP contribution >= 0.6 is 11.6 Å². The number of nitrogens with zero attached hydrogens (tertiary/aromatic N) is 2. The van der Waals surface area contributed by atoms with Gasteiger partial charge in [0.15, 0.2) is 6.10 Å². The highest BCUT2D eigenvalue weighted by Crippen LogP contribution is 2.35. The van der Waals surface area contributed by atoms with Crippen LogP contribution in [0.3, 0.4) is 0 Å². The molecule has 2 aliphatic heterocycles. The number of carbonyl (C=O) groups is 2. The normalized spacial score (nSPS) is 19.5. The van der Waals surface area contributed by atoms with Crippen molar-refractivity contribution in [3.8, 4) is 5.75 Å². The highest BCUT2D eigenvalue weighted by molar-refractivity contribution is 6.30. The summed E-state index contributed by atoms with van der Waals surface area (Å²) in [6.45, 7) is 3.15. The smallest absolute Gasteiger partial charge is 0.262 e. The zero-order valence-corrected chi connectivity index (χ0v) is 21.6. The van der Waals surface area contributed by atoms with E-state index in [4.69, 9.17) is 16.3 Å². The molecule has 37 heavy (non-hydrogen) atoms. The molecule has 2 heterocycles. The Hall–Kier alpha value is -3.35. The number of likely N-dealkylation sites (tertiary alicyclic amines) is 1. The summed E-state index contributed by atoms with van der Waals surface area (Å²) in [5, 5.41) is 3.71. The second-order valence-electron chi connectivity index (χ2n) is 9.75. The van der Waals surface area contributed by atoms with Gasteiger partial charge in [0.2, 0.25) is 5.91 Å². The first-order chi connectivity index (χ1) is 18.1. The molecule has 0 unspecified atom stereocenters. The number of hydrogen-bond acceptors (Lipinski definition) is 4. The van der Waals surface area contributed by atoms with E-state index >= 15 is 0 Å². The summed E-state index contributed by atoms with van der Waals surface area (Å²) in [7, 11) is 0. The molecule has 0 aromatic heterocycles. The molecule has 2 amide bonds. The summed E-state index contributed by atoms with van der Waals surface area (Å²) >= 11 is 6.03. The van der Waals surface area contributed by atoms with Crippen molar-refractivity contribution in [2.45, 2.75) is 31.9 Å². The number of hydrogen-bond donors (Lipinski definition) is 1. The molecule has 1 N–H and O–H groups in total. The van der Waals surface area contributed by atoms with Gasteiger partial charge in [-0.1, -0.05) is 66.2 Å². The molecule has 3 aromatic carbocycles. The fraction of sp³-hybridized carbons (Fsp3) is 0.333. The number of ether oxygens (including phenoxy) is 1. The molecule has 0 spiro atoms. The number of amides is 2. The average Bonchev–Trinajstić information content (AvgIpc) is 2.94. The molecule has 2 aliphatic rings. The van der Waals surface area contributed by atoms with Gasteiger partial charge in [-0.15, -0.1) is 0 Å². The topological polar surface area (TPSA) is 61.9 Å². The van der Waals surface area contributed by atoms with E-state index < -0.39 is 6.10 Å². The predicted octanol–water partition coefficient (Wildman–Crippen LogP) is 4.71. The molecular weight excluding hydrogens is 486 g/mol. The van der Waals surface area contributed by atoms with Crippen molar-refractivity contribution >= 4 is 29.1 Å². The van der Waals surface area contributed by atoms with Gasteiger partial charge in [0.05, 0.1) is 18.2 Å². The maximum absolute atomic E-state index is 13.8. The summed E-state index contributed by atoms with van der Waals surface area (Å²) in [5.74, 6) is 0.294. The lowest BCUT2D eigenvalue weighted by molar-refractivity contribution is -0.129. The van der Waals surface area contributed by atoms with Crippen LogP contribution in [0.2, 0.25) is 5.02 Å². The maximum atomic E-state index is 13.8. The Morgan fingerprint density at radius 3 is 2.49 bits per heavy atom. The summed E-state index contributed by atoms with van der Waals surface area (Å²) in [5.41, 5.74) is 3.08. The van der Waals surface area contributed by atoms with Crippen LogP contribution in [-0.2, 0) is 22.6 Å². The lowest BCUT2D eigenvalue weighted by Gasteiger charge is -2.38. The SMILES string of the molecule is O=C(NCCc1ccccc1)[C@@H]1CN(C(=O)[C@H]2CCCN(Cc3ccc(Cl)cc3)C2)c2ccccc2O1. The van der Waals surface area contributed by atoms with Crippen molar-refractivity contribution in [3.63, 3.8) is 0 Å². The molecule has 6 nitrogen and oxygen atoms in total. The second-order valence-corrected chi connectivity index (χ2v) is 10.2. The maximum Gasteiger partial charge on any atom is 0.262 e. The van der Waals surface area contributed by atoms with E-state index in [1.807, 2.05) is 78.9 Å². The number of benzene rings is 3. The Morgan fingerprint density at radius 2 is 1.68 bits per heavy atom. The Balaban J connectivity index is 1.24. The molecule has 5 rings (SSSR count). The van der Waals surface area contributed by atoms with E-state index in [2.05, 4.69) is 10.2 Å². The van der Waals surface area contributed by atoms with Gasteiger partial charge in [0.25, 0.3) is 5.91 Å². The first kappa shape index (κ1) is 25.3. The van der Waals surface area contributed by atoms with E-state index in [1.165, 1.54) is 5.56 Å². The van der Waals surface area contributed by atoms with Crippen LogP contribution < -0.4 is 15.0 Å². The van der Waals surface area contributed by atoms with E-state index in [-0.39, 0.29) is 24.3 Å². The van der Waals surface area contributed by atoms with Crippen molar-refractivity contribution < 1.29 is 14.3 Å². The monoisotopic (exact) mass is 517 g/mol. The van der Waals surface area contributed by atoms with Gasteiger partial charge in [0.1, 0.15) is 5.75 Å². The number of piperidine rings is 1. The number of para-hydroxylation sites is 2. The number of fused-ring (bicyclic) bond motifs is 1. The van der Waals surface area contributed by atoms with Crippen LogP contribution in [0.4, 0.5) is 5.69 Å². The van der Waals surface area contributed by atoms with Crippen molar-refractivity contribution in [2.24, 2.45) is 5.92 Å². The van der Waals surface area contributed by atoms with Gasteiger partial charge in [0, 0.05) is 24.7 Å². The number of anilines is 1. The molecule has 1 fully saturated rings. The number of carbonyl (C=O) groups excluding carboxylic acids is 2. The largest absolute Gasteiger partial charge is 0.477 e. The Labute approximate surface area is 223 Å². The van der Waals surface area contributed by atoms with Gasteiger partial charge < -0.3 is 15.0 Å². The molecule has 3 aromatic rings. The molecule has 0 radical (unpaired) electrons. The lowest BCUT2D eigenvalue weighted by atomic mass is 9.95. The first-order valence-corrected chi connectivity index (χ1v) is 13.3. The standard InChI is InChI=1S/C30H32ClN3O3/c31-25-14-12-23(13-15-25)19-33-18-6-9-24(20-33)30(36)34-21-28(37-27-11-5-4-10-26(27)34)29(35)32-17-16-22-7-2-1-3-8-22/h1-5,7-8,10-15,24,28H,6,9,16-21H2,(H,32,35)/t24-,28-/m0/s1. The van der Waals surface area contributed by atoms with Gasteiger partial charge >= 0.3 is 0 Å². The molecular formula is C30H32ClN3O3. The van der Waals surface area contributed by atoms with Gasteiger partial charge in [-0.2, -0.15) is 0 Å². The van der Waals surface area contributed by atoms with E-state index in [0.29, 0.717) is 18.8 Å². The fourth-order valence-electron chi connectivity index (χ4n) is 5.14. The number of nitrogens with one attached hydrogen (secondary N) is 1. The first-order valence-electron chi connectivity index (χ1n) is 12.9. The molecule has 1 saturated heterocycles. The molecule has 0 bridgehead atoms. The molecule has 7 heteroatoms. The van der Waals surface area contributed by atoms with Crippen LogP contribution in [0.5, 0.6) is 5.75 Å². The summed E-state index contributed by atoms with van der Waals surface area (Å²) in [4.78, 5) is 30.9. The van der Waals surface area contributed by atoms with Gasteiger partial charge in [-0.05, 0) is 61.2 Å². The average molecular weight is 518 g/mol. The van der Waals surface area contributed by atoms with Crippen LogP contribution in [0.15, 0.2) is 78.9 Å². The Bertz CT molecular complexity index is 1220.